The predicted octanol–water partition coefficient (Wildman–Crippen LogP) is 4.19. The number of carbonyl (C=O) groups excluding carboxylic acids is 1. The summed E-state index contributed by atoms with van der Waals surface area (Å²) < 4.78 is 0. The van der Waals surface area contributed by atoms with Crippen molar-refractivity contribution in [3.05, 3.63) is 57.1 Å². The van der Waals surface area contributed by atoms with E-state index in [1.807, 2.05) is 6.92 Å². The smallest absolute Gasteiger partial charge is 0.293 e. The van der Waals surface area contributed by atoms with E-state index in [1.165, 1.54) is 22.3 Å². The molecule has 0 atom stereocenters. The molecule has 0 saturated heterocycles. The van der Waals surface area contributed by atoms with E-state index in [4.69, 9.17) is 0 Å². The maximum absolute atomic E-state index is 13.1. The molecule has 0 spiro atoms. The Kier molecular flexibility index (Phi) is 5.85. The number of nitro groups is 1. The van der Waals surface area contributed by atoms with Gasteiger partial charge < -0.3 is 5.32 Å². The van der Waals surface area contributed by atoms with Crippen molar-refractivity contribution in [3.8, 4) is 0 Å². The summed E-state index contributed by atoms with van der Waals surface area (Å²) in [6.45, 7) is 6.45. The maximum atomic E-state index is 13.1. The van der Waals surface area contributed by atoms with Gasteiger partial charge in [0.15, 0.2) is 5.13 Å². The first-order chi connectivity index (χ1) is 13.0. The summed E-state index contributed by atoms with van der Waals surface area (Å²) in [5.74, 6) is -0.313. The van der Waals surface area contributed by atoms with Gasteiger partial charge in [-0.25, -0.2) is 4.98 Å². The summed E-state index contributed by atoms with van der Waals surface area (Å²) in [6.07, 6.45) is 5.82. The molecule has 1 N–H and O–H groups in total. The van der Waals surface area contributed by atoms with Crippen molar-refractivity contribution in [1.29, 1.82) is 0 Å². The molecule has 142 valence electrons. The molecule has 27 heavy (non-hydrogen) atoms. The number of benzene rings is 1. The molecule has 0 aliphatic heterocycles. The molecule has 1 aromatic heterocycles. The van der Waals surface area contributed by atoms with Gasteiger partial charge in [-0.15, -0.1) is 17.9 Å². The third-order valence-electron chi connectivity index (χ3n) is 4.43. The van der Waals surface area contributed by atoms with Crippen LogP contribution in [0.15, 0.2) is 30.9 Å². The minimum atomic E-state index is -0.477. The largest absolute Gasteiger partial charge is 0.380 e. The number of carbonyl (C=O) groups is 1. The standard InChI is InChI=1S/C19H22N4O3S/c1-3-11-22(19-21-15-7-5-6-8-17(15)27-19)18(24)13-9-10-14(20-4-2)16(12-13)23(25)26/h3,9-10,12,20H,1,4-8,11H2,2H3. The third-order valence-corrected chi connectivity index (χ3v) is 5.61. The van der Waals surface area contributed by atoms with E-state index in [1.54, 1.807) is 23.1 Å². The quantitative estimate of drug-likeness (QED) is 0.438. The van der Waals surface area contributed by atoms with E-state index in [0.717, 1.165) is 31.4 Å². The molecule has 0 radical (unpaired) electrons. The summed E-state index contributed by atoms with van der Waals surface area (Å²) in [4.78, 5) is 31.4. The summed E-state index contributed by atoms with van der Waals surface area (Å²) in [7, 11) is 0. The Labute approximate surface area is 161 Å². The van der Waals surface area contributed by atoms with Crippen LogP contribution in [0.3, 0.4) is 0 Å². The number of fused-ring (bicyclic) bond motifs is 1. The van der Waals surface area contributed by atoms with Crippen LogP contribution >= 0.6 is 11.3 Å². The first kappa shape index (κ1) is 19.0. The third kappa shape index (κ3) is 4.00. The van der Waals surface area contributed by atoms with Gasteiger partial charge in [-0.2, -0.15) is 0 Å². The molecule has 1 aliphatic rings. The van der Waals surface area contributed by atoms with Crippen molar-refractivity contribution in [1.82, 2.24) is 4.98 Å². The fourth-order valence-electron chi connectivity index (χ4n) is 3.14. The van der Waals surface area contributed by atoms with Crippen LogP contribution in [0.25, 0.3) is 0 Å². The van der Waals surface area contributed by atoms with Crippen LogP contribution in [0.4, 0.5) is 16.5 Å². The highest BCUT2D eigenvalue weighted by molar-refractivity contribution is 7.16. The maximum Gasteiger partial charge on any atom is 0.293 e. The summed E-state index contributed by atoms with van der Waals surface area (Å²) >= 11 is 1.53. The van der Waals surface area contributed by atoms with Gasteiger partial charge in [-0.1, -0.05) is 6.08 Å². The average Bonchev–Trinajstić information content (AvgIpc) is 3.09. The van der Waals surface area contributed by atoms with Gasteiger partial charge in [-0.3, -0.25) is 19.8 Å². The van der Waals surface area contributed by atoms with E-state index in [-0.39, 0.29) is 17.2 Å². The lowest BCUT2D eigenvalue weighted by atomic mass is 10.0. The highest BCUT2D eigenvalue weighted by Crippen LogP contribution is 2.33. The lowest BCUT2D eigenvalue weighted by Crippen LogP contribution is -2.31. The highest BCUT2D eigenvalue weighted by Gasteiger charge is 2.25. The van der Waals surface area contributed by atoms with Gasteiger partial charge in [0.2, 0.25) is 0 Å². The first-order valence-corrected chi connectivity index (χ1v) is 9.80. The highest BCUT2D eigenvalue weighted by atomic mass is 32.1. The van der Waals surface area contributed by atoms with Crippen LogP contribution in [0.1, 0.15) is 40.7 Å². The second kappa shape index (κ2) is 8.30. The summed E-state index contributed by atoms with van der Waals surface area (Å²) in [5.41, 5.74) is 1.62. The number of thiazole rings is 1. The molecule has 0 saturated carbocycles. The van der Waals surface area contributed by atoms with Crippen LogP contribution in [0.2, 0.25) is 0 Å². The number of hydrogen-bond acceptors (Lipinski definition) is 6. The molecule has 7 nitrogen and oxygen atoms in total. The van der Waals surface area contributed by atoms with Gasteiger partial charge in [0, 0.05) is 29.6 Å². The number of anilines is 2. The Morgan fingerprint density at radius 3 is 2.89 bits per heavy atom. The number of hydrogen-bond donors (Lipinski definition) is 1. The van der Waals surface area contributed by atoms with Gasteiger partial charge in [0.25, 0.3) is 11.6 Å². The van der Waals surface area contributed by atoms with E-state index >= 15 is 0 Å². The number of nitrogens with zero attached hydrogens (tertiary/aromatic N) is 3. The molecule has 3 rings (SSSR count). The van der Waals surface area contributed by atoms with Crippen molar-refractivity contribution in [3.63, 3.8) is 0 Å². The van der Waals surface area contributed by atoms with Crippen LogP contribution in [0, 0.1) is 10.1 Å². The van der Waals surface area contributed by atoms with Crippen molar-refractivity contribution in [2.75, 3.05) is 23.3 Å². The van der Waals surface area contributed by atoms with E-state index in [9.17, 15) is 14.9 Å². The van der Waals surface area contributed by atoms with E-state index in [2.05, 4.69) is 16.9 Å². The lowest BCUT2D eigenvalue weighted by molar-refractivity contribution is -0.384. The van der Waals surface area contributed by atoms with E-state index < -0.39 is 4.92 Å². The molecule has 1 aliphatic carbocycles. The van der Waals surface area contributed by atoms with Gasteiger partial charge >= 0.3 is 0 Å². The zero-order valence-corrected chi connectivity index (χ0v) is 16.1. The Morgan fingerprint density at radius 2 is 2.22 bits per heavy atom. The molecule has 2 aromatic rings. The van der Waals surface area contributed by atoms with Gasteiger partial charge in [0.1, 0.15) is 5.69 Å². The normalized spacial score (nSPS) is 12.9. The minimum Gasteiger partial charge on any atom is -0.380 e. The number of amides is 1. The summed E-state index contributed by atoms with van der Waals surface area (Å²) in [5, 5.41) is 15.0. The SMILES string of the molecule is C=CCN(C(=O)c1ccc(NCC)c([N+](=O)[O-])c1)c1nc2c(s1)CCCC2. The monoisotopic (exact) mass is 386 g/mol. The first-order valence-electron chi connectivity index (χ1n) is 8.98. The number of aryl methyl sites for hydroxylation is 2. The Morgan fingerprint density at radius 1 is 1.44 bits per heavy atom. The summed E-state index contributed by atoms with van der Waals surface area (Å²) in [6, 6.07) is 4.51. The fraction of sp³-hybridized carbons (Fsp3) is 0.368. The Hall–Kier alpha value is -2.74. The van der Waals surface area contributed by atoms with Crippen molar-refractivity contribution in [2.24, 2.45) is 0 Å². The molecular weight excluding hydrogens is 364 g/mol. The number of aromatic nitrogens is 1. The van der Waals surface area contributed by atoms with Gasteiger partial charge in [0.05, 0.1) is 10.6 Å². The molecule has 8 heteroatoms. The van der Waals surface area contributed by atoms with Crippen molar-refractivity contribution >= 4 is 33.8 Å². The Balaban J connectivity index is 1.95. The number of nitro benzene ring substituents is 1. The second-order valence-corrected chi connectivity index (χ2v) is 7.36. The topological polar surface area (TPSA) is 88.4 Å². The van der Waals surface area contributed by atoms with Crippen LogP contribution in [-0.2, 0) is 12.8 Å². The molecule has 0 bridgehead atoms. The van der Waals surface area contributed by atoms with Gasteiger partial charge in [-0.05, 0) is 44.7 Å². The number of nitrogens with one attached hydrogen (secondary N) is 1. The van der Waals surface area contributed by atoms with Crippen LogP contribution < -0.4 is 10.2 Å². The molecule has 0 unspecified atom stereocenters. The predicted molar refractivity (Wildman–Crippen MR) is 108 cm³/mol. The second-order valence-electron chi connectivity index (χ2n) is 6.30. The van der Waals surface area contributed by atoms with Crippen molar-refractivity contribution in [2.45, 2.75) is 32.6 Å². The fourth-order valence-corrected chi connectivity index (χ4v) is 4.30. The molecule has 1 aromatic carbocycles. The van der Waals surface area contributed by atoms with Crippen LogP contribution in [0.5, 0.6) is 0 Å². The molecular formula is C19H22N4O3S. The van der Waals surface area contributed by atoms with Crippen LogP contribution in [-0.4, -0.2) is 28.9 Å². The molecule has 0 fully saturated rings. The number of rotatable bonds is 7. The zero-order chi connectivity index (χ0) is 19.4. The zero-order valence-electron chi connectivity index (χ0n) is 15.2. The Bertz CT molecular complexity index is 854. The molecule has 1 heterocycles. The minimum absolute atomic E-state index is 0.111. The average molecular weight is 386 g/mol. The lowest BCUT2D eigenvalue weighted by Gasteiger charge is -2.18. The molecule has 1 amide bonds. The van der Waals surface area contributed by atoms with Crippen molar-refractivity contribution < 1.29 is 9.72 Å². The van der Waals surface area contributed by atoms with E-state index in [0.29, 0.717) is 23.9 Å².